The Morgan fingerprint density at radius 1 is 1.30 bits per heavy atom. The third kappa shape index (κ3) is 5.05. The minimum absolute atomic E-state index is 0.0978. The van der Waals surface area contributed by atoms with Crippen molar-refractivity contribution in [3.63, 3.8) is 0 Å². The average Bonchev–Trinajstić information content (AvgIpc) is 2.43. The molecular weight excluding hydrogens is 258 g/mol. The van der Waals surface area contributed by atoms with Gasteiger partial charge in [-0.2, -0.15) is 0 Å². The van der Waals surface area contributed by atoms with Crippen LogP contribution in [0.3, 0.4) is 0 Å². The first-order valence-corrected chi connectivity index (χ1v) is 6.93. The number of non-ortho nitro benzene ring substituents is 1. The van der Waals surface area contributed by atoms with Crippen LogP contribution in [0.5, 0.6) is 0 Å². The summed E-state index contributed by atoms with van der Waals surface area (Å²) in [4.78, 5) is 12.6. The minimum Gasteiger partial charge on any atom is -0.396 e. The normalized spacial score (nSPS) is 10.3. The summed E-state index contributed by atoms with van der Waals surface area (Å²) in [6.45, 7) is 3.70. The van der Waals surface area contributed by atoms with Crippen molar-refractivity contribution in [3.8, 4) is 0 Å². The second-order valence-corrected chi connectivity index (χ2v) is 4.73. The van der Waals surface area contributed by atoms with Gasteiger partial charge in [-0.1, -0.05) is 0 Å². The molecule has 2 N–H and O–H groups in total. The van der Waals surface area contributed by atoms with Gasteiger partial charge in [-0.25, -0.2) is 0 Å². The summed E-state index contributed by atoms with van der Waals surface area (Å²) >= 11 is 0. The molecule has 1 aromatic carbocycles. The van der Waals surface area contributed by atoms with Crippen LogP contribution < -0.4 is 10.2 Å². The van der Waals surface area contributed by atoms with E-state index in [1.165, 1.54) is 0 Å². The van der Waals surface area contributed by atoms with Crippen LogP contribution in [-0.4, -0.2) is 36.8 Å². The molecule has 6 heteroatoms. The summed E-state index contributed by atoms with van der Waals surface area (Å²) in [5.41, 5.74) is 1.69. The Balaban J connectivity index is 2.78. The number of aliphatic hydroxyl groups excluding tert-OH is 1. The molecule has 112 valence electrons. The Bertz CT molecular complexity index is 438. The quantitative estimate of drug-likeness (QED) is 0.413. The molecule has 0 atom stereocenters. The van der Waals surface area contributed by atoms with Crippen molar-refractivity contribution < 1.29 is 10.0 Å². The van der Waals surface area contributed by atoms with Gasteiger partial charge in [0.25, 0.3) is 5.69 Å². The highest BCUT2D eigenvalue weighted by Gasteiger charge is 2.11. The number of anilines is 2. The lowest BCUT2D eigenvalue weighted by Crippen LogP contribution is -2.19. The molecule has 20 heavy (non-hydrogen) atoms. The summed E-state index contributed by atoms with van der Waals surface area (Å²) in [6, 6.07) is 5.06. The number of nitrogens with zero attached hydrogens (tertiary/aromatic N) is 2. The molecule has 0 fully saturated rings. The van der Waals surface area contributed by atoms with Gasteiger partial charge < -0.3 is 15.3 Å². The van der Waals surface area contributed by atoms with E-state index in [4.69, 9.17) is 5.11 Å². The van der Waals surface area contributed by atoms with E-state index < -0.39 is 0 Å². The zero-order chi connectivity index (χ0) is 15.0. The molecule has 1 aromatic rings. The molecular formula is C14H23N3O3. The molecule has 6 nitrogen and oxygen atoms in total. The number of nitro groups is 1. The van der Waals surface area contributed by atoms with Crippen molar-refractivity contribution in [1.82, 2.24) is 0 Å². The van der Waals surface area contributed by atoms with Gasteiger partial charge in [0, 0.05) is 50.3 Å². The van der Waals surface area contributed by atoms with E-state index in [-0.39, 0.29) is 17.2 Å². The lowest BCUT2D eigenvalue weighted by atomic mass is 10.2. The molecule has 0 unspecified atom stereocenters. The van der Waals surface area contributed by atoms with E-state index in [0.717, 1.165) is 43.7 Å². The largest absolute Gasteiger partial charge is 0.396 e. The second kappa shape index (κ2) is 8.37. The fourth-order valence-electron chi connectivity index (χ4n) is 1.99. The van der Waals surface area contributed by atoms with Crippen LogP contribution in [0.2, 0.25) is 0 Å². The number of hydrogen-bond donors (Lipinski definition) is 2. The number of aliphatic hydroxyl groups is 1. The molecule has 0 heterocycles. The Morgan fingerprint density at radius 3 is 2.65 bits per heavy atom. The first-order chi connectivity index (χ1) is 9.58. The van der Waals surface area contributed by atoms with Crippen molar-refractivity contribution >= 4 is 17.1 Å². The maximum Gasteiger partial charge on any atom is 0.273 e. The number of rotatable bonds is 9. The van der Waals surface area contributed by atoms with E-state index in [2.05, 4.69) is 5.32 Å². The fourth-order valence-corrected chi connectivity index (χ4v) is 1.99. The first kappa shape index (κ1) is 16.2. The van der Waals surface area contributed by atoms with E-state index in [1.807, 2.05) is 24.9 Å². The topological polar surface area (TPSA) is 78.6 Å². The Kier molecular flexibility index (Phi) is 6.79. The third-order valence-electron chi connectivity index (χ3n) is 3.09. The molecule has 0 aliphatic carbocycles. The molecule has 0 spiro atoms. The first-order valence-electron chi connectivity index (χ1n) is 6.93. The number of hydrogen-bond acceptors (Lipinski definition) is 5. The van der Waals surface area contributed by atoms with Crippen molar-refractivity contribution in [2.75, 3.05) is 37.0 Å². The summed E-state index contributed by atoms with van der Waals surface area (Å²) in [7, 11) is 1.92. The van der Waals surface area contributed by atoms with Gasteiger partial charge in [0.1, 0.15) is 0 Å². The van der Waals surface area contributed by atoms with E-state index in [9.17, 15) is 10.1 Å². The molecule has 0 aromatic heterocycles. The van der Waals surface area contributed by atoms with Crippen molar-refractivity contribution in [3.05, 3.63) is 28.3 Å². The molecule has 0 radical (unpaired) electrons. The molecule has 0 aliphatic rings. The van der Waals surface area contributed by atoms with Crippen LogP contribution in [0.1, 0.15) is 26.2 Å². The van der Waals surface area contributed by atoms with Crippen LogP contribution >= 0.6 is 0 Å². The van der Waals surface area contributed by atoms with Gasteiger partial charge in [0.2, 0.25) is 0 Å². The van der Waals surface area contributed by atoms with Crippen LogP contribution in [-0.2, 0) is 0 Å². The monoisotopic (exact) mass is 281 g/mol. The van der Waals surface area contributed by atoms with Gasteiger partial charge in [-0.3, -0.25) is 10.1 Å². The van der Waals surface area contributed by atoms with Crippen LogP contribution in [0.4, 0.5) is 17.1 Å². The van der Waals surface area contributed by atoms with Gasteiger partial charge in [-0.05, 0) is 32.3 Å². The number of unbranched alkanes of at least 4 members (excludes halogenated alkanes) is 2. The Hall–Kier alpha value is -1.82. The second-order valence-electron chi connectivity index (χ2n) is 4.73. The lowest BCUT2D eigenvalue weighted by molar-refractivity contribution is -0.384. The summed E-state index contributed by atoms with van der Waals surface area (Å²) < 4.78 is 0. The molecule has 0 amide bonds. The predicted octanol–water partition coefficient (Wildman–Crippen LogP) is 2.63. The maximum absolute atomic E-state index is 11.0. The molecule has 0 saturated heterocycles. The Labute approximate surface area is 119 Å². The van der Waals surface area contributed by atoms with Crippen molar-refractivity contribution in [1.29, 1.82) is 0 Å². The van der Waals surface area contributed by atoms with Crippen LogP contribution in [0.25, 0.3) is 0 Å². The summed E-state index contributed by atoms with van der Waals surface area (Å²) in [5.74, 6) is 0. The van der Waals surface area contributed by atoms with Crippen LogP contribution in [0, 0.1) is 10.1 Å². The van der Waals surface area contributed by atoms with Crippen LogP contribution in [0.15, 0.2) is 18.2 Å². The maximum atomic E-state index is 11.0. The standard InChI is InChI=1S/C14H23N3O3/c1-3-15-12-9-13(11-14(10-12)17(19)20)16(2)7-5-4-6-8-18/h9-11,15,18H,3-8H2,1-2H3. The molecule has 0 bridgehead atoms. The van der Waals surface area contributed by atoms with E-state index in [0.29, 0.717) is 0 Å². The zero-order valence-corrected chi connectivity index (χ0v) is 12.1. The van der Waals surface area contributed by atoms with E-state index in [1.54, 1.807) is 12.1 Å². The SMILES string of the molecule is CCNc1cc(N(C)CCCCCO)cc([N+](=O)[O-])c1. The zero-order valence-electron chi connectivity index (χ0n) is 12.1. The predicted molar refractivity (Wildman–Crippen MR) is 81.5 cm³/mol. The highest BCUT2D eigenvalue weighted by atomic mass is 16.6. The third-order valence-corrected chi connectivity index (χ3v) is 3.09. The smallest absolute Gasteiger partial charge is 0.273 e. The van der Waals surface area contributed by atoms with Crippen molar-refractivity contribution in [2.45, 2.75) is 26.2 Å². The highest BCUT2D eigenvalue weighted by Crippen LogP contribution is 2.26. The Morgan fingerprint density at radius 2 is 2.05 bits per heavy atom. The van der Waals surface area contributed by atoms with E-state index >= 15 is 0 Å². The summed E-state index contributed by atoms with van der Waals surface area (Å²) in [6.07, 6.45) is 2.71. The minimum atomic E-state index is -0.371. The molecule has 1 rings (SSSR count). The van der Waals surface area contributed by atoms with Crippen molar-refractivity contribution in [2.24, 2.45) is 0 Å². The number of nitrogens with one attached hydrogen (secondary N) is 1. The van der Waals surface area contributed by atoms with Gasteiger partial charge in [-0.15, -0.1) is 0 Å². The average molecular weight is 281 g/mol. The highest BCUT2D eigenvalue weighted by molar-refractivity contribution is 5.64. The molecule has 0 aliphatic heterocycles. The summed E-state index contributed by atoms with van der Waals surface area (Å²) in [5, 5.41) is 22.8. The van der Waals surface area contributed by atoms with Gasteiger partial charge in [0.15, 0.2) is 0 Å². The fraction of sp³-hybridized carbons (Fsp3) is 0.571. The number of nitro benzene ring substituents is 1. The van der Waals surface area contributed by atoms with Gasteiger partial charge in [0.05, 0.1) is 4.92 Å². The number of benzene rings is 1. The molecule has 0 saturated carbocycles. The van der Waals surface area contributed by atoms with Gasteiger partial charge >= 0.3 is 0 Å². The lowest BCUT2D eigenvalue weighted by Gasteiger charge is -2.20.